The van der Waals surface area contributed by atoms with Gasteiger partial charge in [-0.1, -0.05) is 43.2 Å². The molecule has 0 unspecified atom stereocenters. The lowest BCUT2D eigenvalue weighted by Crippen LogP contribution is -2.11. The fourth-order valence-electron chi connectivity index (χ4n) is 2.17. The molecular weight excluding hydrogens is 258 g/mol. The van der Waals surface area contributed by atoms with Crippen molar-refractivity contribution in [3.8, 4) is 5.75 Å². The fraction of sp³-hybridized carbons (Fsp3) is 0.368. The average Bonchev–Trinajstić information content (AvgIpc) is 2.52. The van der Waals surface area contributed by atoms with Gasteiger partial charge in [-0.15, -0.1) is 0 Å². The monoisotopic (exact) mass is 283 g/mol. The number of hydrogen-bond donors (Lipinski definition) is 1. The summed E-state index contributed by atoms with van der Waals surface area (Å²) < 4.78 is 5.75. The maximum absolute atomic E-state index is 5.75. The van der Waals surface area contributed by atoms with Gasteiger partial charge in [0.25, 0.3) is 0 Å². The molecule has 0 aliphatic heterocycles. The van der Waals surface area contributed by atoms with Crippen LogP contribution >= 0.6 is 0 Å². The Hall–Kier alpha value is -1.96. The van der Waals surface area contributed by atoms with Gasteiger partial charge in [-0.3, -0.25) is 0 Å². The molecule has 21 heavy (non-hydrogen) atoms. The van der Waals surface area contributed by atoms with Crippen LogP contribution in [0.2, 0.25) is 0 Å². The van der Waals surface area contributed by atoms with E-state index in [0.717, 1.165) is 24.4 Å². The van der Waals surface area contributed by atoms with Crippen LogP contribution in [0.15, 0.2) is 48.5 Å². The van der Waals surface area contributed by atoms with E-state index < -0.39 is 0 Å². The van der Waals surface area contributed by atoms with E-state index in [0.29, 0.717) is 6.61 Å². The molecule has 2 rings (SSSR count). The molecule has 0 aromatic heterocycles. The molecule has 0 heterocycles. The molecule has 112 valence electrons. The maximum Gasteiger partial charge on any atom is 0.119 e. The molecule has 0 bridgehead atoms. The summed E-state index contributed by atoms with van der Waals surface area (Å²) in [7, 11) is 0. The third-order valence-electron chi connectivity index (χ3n) is 3.49. The molecule has 2 heteroatoms. The number of nitrogens with one attached hydrogen (secondary N) is 1. The average molecular weight is 283 g/mol. The van der Waals surface area contributed by atoms with Crippen LogP contribution in [-0.2, 0) is 6.42 Å². The van der Waals surface area contributed by atoms with Crippen molar-refractivity contribution in [2.75, 3.05) is 18.5 Å². The van der Waals surface area contributed by atoms with E-state index in [1.807, 2.05) is 0 Å². The van der Waals surface area contributed by atoms with E-state index in [4.69, 9.17) is 4.74 Å². The van der Waals surface area contributed by atoms with Gasteiger partial charge in [-0.2, -0.15) is 0 Å². The molecule has 2 aromatic rings. The normalized spacial score (nSPS) is 10.4. The zero-order chi connectivity index (χ0) is 14.9. The number of benzene rings is 2. The summed E-state index contributed by atoms with van der Waals surface area (Å²) in [5, 5.41) is 3.36. The molecule has 0 saturated carbocycles. The molecule has 0 spiro atoms. The van der Waals surface area contributed by atoms with Gasteiger partial charge in [-0.05, 0) is 49.6 Å². The van der Waals surface area contributed by atoms with Crippen LogP contribution in [0, 0.1) is 6.92 Å². The van der Waals surface area contributed by atoms with Crippen LogP contribution < -0.4 is 10.1 Å². The highest BCUT2D eigenvalue weighted by Gasteiger charge is 1.96. The van der Waals surface area contributed by atoms with E-state index in [-0.39, 0.29) is 0 Å². The van der Waals surface area contributed by atoms with E-state index in [1.165, 1.54) is 24.0 Å². The second-order valence-electron chi connectivity index (χ2n) is 5.39. The van der Waals surface area contributed by atoms with E-state index in [9.17, 15) is 0 Å². The van der Waals surface area contributed by atoms with Gasteiger partial charge in [0.2, 0.25) is 0 Å². The summed E-state index contributed by atoms with van der Waals surface area (Å²) in [4.78, 5) is 0. The molecule has 2 nitrogen and oxygen atoms in total. The van der Waals surface area contributed by atoms with Gasteiger partial charge < -0.3 is 10.1 Å². The Balaban J connectivity index is 1.69. The van der Waals surface area contributed by atoms with E-state index >= 15 is 0 Å². The minimum atomic E-state index is 0.669. The molecule has 1 N–H and O–H groups in total. The number of anilines is 1. The zero-order valence-corrected chi connectivity index (χ0v) is 13.1. The first-order chi connectivity index (χ1) is 10.3. The van der Waals surface area contributed by atoms with Crippen molar-refractivity contribution in [2.45, 2.75) is 33.1 Å². The lowest BCUT2D eigenvalue weighted by atomic mass is 10.1. The molecule has 0 fully saturated rings. The van der Waals surface area contributed by atoms with Gasteiger partial charge in [-0.25, -0.2) is 0 Å². The van der Waals surface area contributed by atoms with Crippen molar-refractivity contribution in [1.82, 2.24) is 0 Å². The maximum atomic E-state index is 5.75. The molecule has 0 aliphatic rings. The number of aryl methyl sites for hydroxylation is 2. The van der Waals surface area contributed by atoms with Gasteiger partial charge in [0.05, 0.1) is 0 Å². The SMILES string of the molecule is CCCCc1ccc(OCCNc2ccc(C)cc2)cc1. The number of rotatable bonds is 8. The van der Waals surface area contributed by atoms with E-state index in [1.54, 1.807) is 0 Å². The number of hydrogen-bond acceptors (Lipinski definition) is 2. The molecule has 2 aromatic carbocycles. The van der Waals surface area contributed by atoms with Crippen LogP contribution in [0.5, 0.6) is 5.75 Å². The Bertz CT molecular complexity index is 516. The Morgan fingerprint density at radius 3 is 2.33 bits per heavy atom. The smallest absolute Gasteiger partial charge is 0.119 e. The summed E-state index contributed by atoms with van der Waals surface area (Å²) in [5.74, 6) is 0.945. The molecule has 0 amide bonds. The zero-order valence-electron chi connectivity index (χ0n) is 13.1. The topological polar surface area (TPSA) is 21.3 Å². The third-order valence-corrected chi connectivity index (χ3v) is 3.49. The highest BCUT2D eigenvalue weighted by atomic mass is 16.5. The highest BCUT2D eigenvalue weighted by molar-refractivity contribution is 5.44. The van der Waals surface area contributed by atoms with Gasteiger partial charge in [0.15, 0.2) is 0 Å². The predicted octanol–water partition coefficient (Wildman–Crippen LogP) is 4.83. The predicted molar refractivity (Wildman–Crippen MR) is 90.2 cm³/mol. The first-order valence-electron chi connectivity index (χ1n) is 7.80. The molecule has 0 atom stereocenters. The van der Waals surface area contributed by atoms with Crippen molar-refractivity contribution >= 4 is 5.69 Å². The van der Waals surface area contributed by atoms with Crippen molar-refractivity contribution < 1.29 is 4.74 Å². The summed E-state index contributed by atoms with van der Waals surface area (Å²) in [6.45, 7) is 5.79. The van der Waals surface area contributed by atoms with Crippen LogP contribution in [0.25, 0.3) is 0 Å². The van der Waals surface area contributed by atoms with Crippen LogP contribution in [0.4, 0.5) is 5.69 Å². The van der Waals surface area contributed by atoms with Crippen molar-refractivity contribution in [1.29, 1.82) is 0 Å². The quantitative estimate of drug-likeness (QED) is 0.701. The van der Waals surface area contributed by atoms with Gasteiger partial charge >= 0.3 is 0 Å². The molecular formula is C19H25NO. The fourth-order valence-corrected chi connectivity index (χ4v) is 2.17. The van der Waals surface area contributed by atoms with Crippen LogP contribution in [0.1, 0.15) is 30.9 Å². The first-order valence-corrected chi connectivity index (χ1v) is 7.80. The Kier molecular flexibility index (Phi) is 6.14. The Labute approximate surface area is 128 Å². The molecule has 0 saturated heterocycles. The van der Waals surface area contributed by atoms with E-state index in [2.05, 4.69) is 67.7 Å². The van der Waals surface area contributed by atoms with Gasteiger partial charge in [0.1, 0.15) is 12.4 Å². The van der Waals surface area contributed by atoms with Crippen molar-refractivity contribution in [3.05, 3.63) is 59.7 Å². The second-order valence-corrected chi connectivity index (χ2v) is 5.39. The van der Waals surface area contributed by atoms with Crippen molar-refractivity contribution in [3.63, 3.8) is 0 Å². The first kappa shape index (κ1) is 15.4. The summed E-state index contributed by atoms with van der Waals surface area (Å²) >= 11 is 0. The summed E-state index contributed by atoms with van der Waals surface area (Å²) in [6, 6.07) is 16.9. The van der Waals surface area contributed by atoms with Crippen molar-refractivity contribution in [2.24, 2.45) is 0 Å². The minimum absolute atomic E-state index is 0.669. The minimum Gasteiger partial charge on any atom is -0.492 e. The number of ether oxygens (including phenoxy) is 1. The van der Waals surface area contributed by atoms with Gasteiger partial charge in [0, 0.05) is 12.2 Å². The highest BCUT2D eigenvalue weighted by Crippen LogP contribution is 2.14. The Morgan fingerprint density at radius 2 is 1.67 bits per heavy atom. The lowest BCUT2D eigenvalue weighted by molar-refractivity contribution is 0.333. The lowest BCUT2D eigenvalue weighted by Gasteiger charge is -2.09. The molecule has 0 aliphatic carbocycles. The van der Waals surface area contributed by atoms with Crippen LogP contribution in [0.3, 0.4) is 0 Å². The second kappa shape index (κ2) is 8.35. The molecule has 0 radical (unpaired) electrons. The summed E-state index contributed by atoms with van der Waals surface area (Å²) in [6.07, 6.45) is 3.65. The third kappa shape index (κ3) is 5.50. The summed E-state index contributed by atoms with van der Waals surface area (Å²) in [5.41, 5.74) is 3.81. The van der Waals surface area contributed by atoms with Crippen LogP contribution in [-0.4, -0.2) is 13.2 Å². The largest absolute Gasteiger partial charge is 0.492 e. The standard InChI is InChI=1S/C19H25NO/c1-3-4-5-17-8-12-19(13-9-17)21-15-14-20-18-10-6-16(2)7-11-18/h6-13,20H,3-5,14-15H2,1-2H3. The number of unbranched alkanes of at least 4 members (excludes halogenated alkanes) is 1. The Morgan fingerprint density at radius 1 is 0.952 bits per heavy atom.